The van der Waals surface area contributed by atoms with Gasteiger partial charge in [-0.05, 0) is 60.0 Å². The predicted octanol–water partition coefficient (Wildman–Crippen LogP) is 7.81. The molecule has 180 valence electrons. The fourth-order valence-corrected chi connectivity index (χ4v) is 4.76. The van der Waals surface area contributed by atoms with Crippen molar-refractivity contribution in [2.24, 2.45) is 0 Å². The predicted molar refractivity (Wildman–Crippen MR) is 148 cm³/mol. The van der Waals surface area contributed by atoms with Crippen LogP contribution in [0.2, 0.25) is 5.02 Å². The molecule has 5 aromatic rings. The summed E-state index contributed by atoms with van der Waals surface area (Å²) in [7, 11) is 0. The average Bonchev–Trinajstić information content (AvgIpc) is 3.35. The Morgan fingerprint density at radius 2 is 1.78 bits per heavy atom. The van der Waals surface area contributed by atoms with Crippen LogP contribution in [0, 0.1) is 22.7 Å². The van der Waals surface area contributed by atoms with E-state index in [1.807, 2.05) is 85.1 Å². The van der Waals surface area contributed by atoms with E-state index < -0.39 is 0 Å². The van der Waals surface area contributed by atoms with Crippen LogP contribution in [0.15, 0.2) is 85.1 Å². The molecule has 37 heavy (non-hydrogen) atoms. The highest BCUT2D eigenvalue weighted by molar-refractivity contribution is 6.31. The van der Waals surface area contributed by atoms with E-state index in [1.54, 1.807) is 0 Å². The third kappa shape index (κ3) is 5.33. The van der Waals surface area contributed by atoms with E-state index in [0.29, 0.717) is 23.6 Å². The molecule has 0 aliphatic carbocycles. The van der Waals surface area contributed by atoms with Gasteiger partial charge >= 0.3 is 0 Å². The number of hydrogen-bond donors (Lipinski definition) is 0. The van der Waals surface area contributed by atoms with Crippen LogP contribution < -0.4 is 4.74 Å². The van der Waals surface area contributed by atoms with E-state index in [0.717, 1.165) is 38.6 Å². The Bertz CT molecular complexity index is 1690. The SMILES string of the molecule is N#CCCC(c1cccc(/C=C/c2ccc3ccc(Cl)cc3n2)c1)n1ccc2cccc(OCC#N)c21. The zero-order valence-corrected chi connectivity index (χ0v) is 20.8. The Hall–Kier alpha value is -4.58. The molecule has 3 aromatic carbocycles. The average molecular weight is 503 g/mol. The fourth-order valence-electron chi connectivity index (χ4n) is 4.59. The molecule has 0 amide bonds. The second-order valence-corrected chi connectivity index (χ2v) is 9.09. The Labute approximate surface area is 220 Å². The van der Waals surface area contributed by atoms with Gasteiger partial charge in [0, 0.05) is 28.4 Å². The highest BCUT2D eigenvalue weighted by Crippen LogP contribution is 2.34. The Morgan fingerprint density at radius 3 is 2.65 bits per heavy atom. The lowest BCUT2D eigenvalue weighted by Crippen LogP contribution is -2.10. The molecule has 2 heterocycles. The molecule has 0 spiro atoms. The van der Waals surface area contributed by atoms with Crippen LogP contribution in [0.1, 0.15) is 35.7 Å². The molecule has 0 aliphatic heterocycles. The number of aromatic nitrogens is 2. The van der Waals surface area contributed by atoms with Gasteiger partial charge in [-0.15, -0.1) is 0 Å². The van der Waals surface area contributed by atoms with Gasteiger partial charge in [-0.3, -0.25) is 0 Å². The minimum absolute atomic E-state index is 0.0253. The summed E-state index contributed by atoms with van der Waals surface area (Å²) < 4.78 is 7.88. The first-order valence-electron chi connectivity index (χ1n) is 12.0. The summed E-state index contributed by atoms with van der Waals surface area (Å²) in [6, 6.07) is 30.1. The summed E-state index contributed by atoms with van der Waals surface area (Å²) in [5.41, 5.74) is 4.74. The summed E-state index contributed by atoms with van der Waals surface area (Å²) in [6.07, 6.45) is 7.11. The maximum Gasteiger partial charge on any atom is 0.174 e. The van der Waals surface area contributed by atoms with Crippen molar-refractivity contribution in [2.45, 2.75) is 18.9 Å². The van der Waals surface area contributed by atoms with Crippen LogP contribution in [-0.2, 0) is 0 Å². The summed E-state index contributed by atoms with van der Waals surface area (Å²) >= 11 is 6.14. The number of rotatable bonds is 8. The summed E-state index contributed by atoms with van der Waals surface area (Å²) in [6.45, 7) is -0.0253. The summed E-state index contributed by atoms with van der Waals surface area (Å²) in [4.78, 5) is 4.71. The quantitative estimate of drug-likeness (QED) is 0.217. The Morgan fingerprint density at radius 1 is 0.919 bits per heavy atom. The standard InChI is InChI=1S/C31H23ClN4O/c32-26-12-10-23-11-14-27(35-28(23)21-26)13-9-22-4-1-6-25(20-22)29(7-3-16-33)36-18-15-24-5-2-8-30(31(24)36)37-19-17-34/h1-2,4-6,8-15,18,20-21,29H,3,7,19H2/b13-9+. The largest absolute Gasteiger partial charge is 0.477 e. The van der Waals surface area contributed by atoms with Crippen LogP contribution in [-0.4, -0.2) is 16.2 Å². The van der Waals surface area contributed by atoms with Crippen molar-refractivity contribution in [1.29, 1.82) is 10.5 Å². The molecule has 2 aromatic heterocycles. The summed E-state index contributed by atoms with van der Waals surface area (Å²) in [5, 5.41) is 21.1. The molecule has 6 heteroatoms. The molecule has 0 saturated heterocycles. The number of halogens is 1. The fraction of sp³-hybridized carbons (Fsp3) is 0.129. The van der Waals surface area contributed by atoms with E-state index >= 15 is 0 Å². The second kappa shape index (κ2) is 11.0. The zero-order valence-electron chi connectivity index (χ0n) is 20.0. The zero-order chi connectivity index (χ0) is 25.6. The van der Waals surface area contributed by atoms with Gasteiger partial charge in [-0.25, -0.2) is 4.98 Å². The molecule has 0 radical (unpaired) electrons. The van der Waals surface area contributed by atoms with Crippen LogP contribution in [0.4, 0.5) is 0 Å². The number of hydrogen-bond acceptors (Lipinski definition) is 4. The molecule has 5 nitrogen and oxygen atoms in total. The van der Waals surface area contributed by atoms with E-state index in [4.69, 9.17) is 26.6 Å². The monoisotopic (exact) mass is 502 g/mol. The highest BCUT2D eigenvalue weighted by atomic mass is 35.5. The maximum atomic E-state index is 9.35. The van der Waals surface area contributed by atoms with E-state index in [9.17, 15) is 5.26 Å². The van der Waals surface area contributed by atoms with Crippen molar-refractivity contribution in [1.82, 2.24) is 9.55 Å². The van der Waals surface area contributed by atoms with Gasteiger partial charge < -0.3 is 9.30 Å². The molecule has 0 bridgehead atoms. The summed E-state index contributed by atoms with van der Waals surface area (Å²) in [5.74, 6) is 0.657. The number of para-hydroxylation sites is 1. The number of pyridine rings is 1. The first kappa shape index (κ1) is 24.1. The molecular formula is C31H23ClN4O. The molecule has 0 fully saturated rings. The number of fused-ring (bicyclic) bond motifs is 2. The van der Waals surface area contributed by atoms with Gasteiger partial charge in [-0.2, -0.15) is 10.5 Å². The number of benzene rings is 3. The molecular weight excluding hydrogens is 480 g/mol. The van der Waals surface area contributed by atoms with Gasteiger partial charge in [0.15, 0.2) is 6.61 Å². The normalized spacial score (nSPS) is 12.0. The van der Waals surface area contributed by atoms with Gasteiger partial charge in [0.05, 0.1) is 28.8 Å². The van der Waals surface area contributed by atoms with Crippen LogP contribution in [0.5, 0.6) is 5.75 Å². The van der Waals surface area contributed by atoms with Crippen molar-refractivity contribution in [3.05, 3.63) is 107 Å². The third-order valence-electron chi connectivity index (χ3n) is 6.28. The third-order valence-corrected chi connectivity index (χ3v) is 6.51. The minimum Gasteiger partial charge on any atom is -0.477 e. The number of nitrogens with zero attached hydrogens (tertiary/aromatic N) is 4. The van der Waals surface area contributed by atoms with E-state index in [-0.39, 0.29) is 12.6 Å². The number of nitriles is 2. The van der Waals surface area contributed by atoms with Crippen LogP contribution in [0.3, 0.4) is 0 Å². The van der Waals surface area contributed by atoms with Crippen molar-refractivity contribution in [3.63, 3.8) is 0 Å². The van der Waals surface area contributed by atoms with Crippen molar-refractivity contribution >= 4 is 45.6 Å². The molecule has 0 aliphatic rings. The van der Waals surface area contributed by atoms with E-state index in [1.165, 1.54) is 0 Å². The van der Waals surface area contributed by atoms with Crippen molar-refractivity contribution in [3.8, 4) is 17.9 Å². The van der Waals surface area contributed by atoms with Gasteiger partial charge in [-0.1, -0.05) is 60.1 Å². The molecule has 1 atom stereocenters. The Balaban J connectivity index is 1.50. The second-order valence-electron chi connectivity index (χ2n) is 8.65. The van der Waals surface area contributed by atoms with Crippen molar-refractivity contribution in [2.75, 3.05) is 6.61 Å². The molecule has 0 saturated carbocycles. The smallest absolute Gasteiger partial charge is 0.174 e. The molecule has 0 N–H and O–H groups in total. The lowest BCUT2D eigenvalue weighted by atomic mass is 9.99. The van der Waals surface area contributed by atoms with Gasteiger partial charge in [0.2, 0.25) is 0 Å². The van der Waals surface area contributed by atoms with Gasteiger partial charge in [0.1, 0.15) is 11.8 Å². The number of ether oxygens (including phenoxy) is 1. The van der Waals surface area contributed by atoms with Gasteiger partial charge in [0.25, 0.3) is 0 Å². The first-order valence-corrected chi connectivity index (χ1v) is 12.3. The van der Waals surface area contributed by atoms with Crippen molar-refractivity contribution < 1.29 is 4.74 Å². The lowest BCUT2D eigenvalue weighted by molar-refractivity contribution is 0.369. The highest BCUT2D eigenvalue weighted by Gasteiger charge is 2.18. The topological polar surface area (TPSA) is 74.6 Å². The van der Waals surface area contributed by atoms with E-state index in [2.05, 4.69) is 28.8 Å². The minimum atomic E-state index is -0.0710. The first-order chi connectivity index (χ1) is 18.2. The Kier molecular flexibility index (Phi) is 7.17. The van der Waals surface area contributed by atoms with Crippen LogP contribution >= 0.6 is 11.6 Å². The molecule has 1 unspecified atom stereocenters. The van der Waals surface area contributed by atoms with Crippen LogP contribution in [0.25, 0.3) is 34.0 Å². The molecule has 5 rings (SSSR count). The lowest BCUT2D eigenvalue weighted by Gasteiger charge is -2.21. The maximum absolute atomic E-state index is 9.35.